The van der Waals surface area contributed by atoms with Crippen LogP contribution in [0.25, 0.3) is 42.9 Å². The van der Waals surface area contributed by atoms with E-state index in [0.717, 1.165) is 62.6 Å². The third-order valence-electron chi connectivity index (χ3n) is 8.08. The van der Waals surface area contributed by atoms with E-state index < -0.39 is 0 Å². The summed E-state index contributed by atoms with van der Waals surface area (Å²) < 4.78 is 1.36. The molecule has 1 aliphatic heterocycles. The third-order valence-corrected chi connectivity index (χ3v) is 10.6. The molecule has 2 aromatic carbocycles. The number of thiophene rings is 2. The second-order valence-electron chi connectivity index (χ2n) is 10.9. The van der Waals surface area contributed by atoms with E-state index in [4.69, 9.17) is 33.2 Å². The fourth-order valence-corrected chi connectivity index (χ4v) is 7.77. The maximum absolute atomic E-state index is 13.8. The van der Waals surface area contributed by atoms with Crippen molar-refractivity contribution < 1.29 is 14.5 Å². The second kappa shape index (κ2) is 12.9. The first-order chi connectivity index (χ1) is 21.9. The van der Waals surface area contributed by atoms with E-state index in [1.54, 1.807) is 0 Å². The molecule has 2 N–H and O–H groups in total. The van der Waals surface area contributed by atoms with Crippen LogP contribution < -0.4 is 10.2 Å². The van der Waals surface area contributed by atoms with Crippen molar-refractivity contribution >= 4 is 79.5 Å². The number of piperazine rings is 1. The molecule has 6 aromatic rings. The fraction of sp³-hybridized carbons (Fsp3) is 0.176. The summed E-state index contributed by atoms with van der Waals surface area (Å²) in [6.07, 6.45) is 0. The molecule has 0 bridgehead atoms. The minimum absolute atomic E-state index is 0.0113. The quantitative estimate of drug-likeness (QED) is 0.208. The Kier molecular flexibility index (Phi) is 8.53. The molecule has 0 radical (unpaired) electrons. The molecule has 0 spiro atoms. The van der Waals surface area contributed by atoms with E-state index in [1.165, 1.54) is 27.6 Å². The molecule has 1 aliphatic rings. The van der Waals surface area contributed by atoms with E-state index in [2.05, 4.69) is 5.32 Å². The fourth-order valence-electron chi connectivity index (χ4n) is 5.77. The molecule has 1 saturated heterocycles. The highest BCUT2D eigenvalue weighted by atomic mass is 35.5. The van der Waals surface area contributed by atoms with Gasteiger partial charge in [-0.15, -0.1) is 22.7 Å². The van der Waals surface area contributed by atoms with Gasteiger partial charge in [-0.1, -0.05) is 59.6 Å². The number of benzene rings is 2. The molecule has 0 aliphatic carbocycles. The van der Waals surface area contributed by atoms with Crippen LogP contribution in [0.15, 0.2) is 84.9 Å². The zero-order chi connectivity index (χ0) is 30.9. The van der Waals surface area contributed by atoms with Gasteiger partial charge in [0.05, 0.1) is 91.2 Å². The van der Waals surface area contributed by atoms with Crippen LogP contribution in [-0.4, -0.2) is 66.0 Å². The van der Waals surface area contributed by atoms with Crippen LogP contribution in [0.5, 0.6) is 0 Å². The van der Waals surface area contributed by atoms with Crippen molar-refractivity contribution in [3.05, 3.63) is 105 Å². The number of aromatic nitrogens is 2. The van der Waals surface area contributed by atoms with E-state index in [9.17, 15) is 9.59 Å². The summed E-state index contributed by atoms with van der Waals surface area (Å²) in [4.78, 5) is 41.9. The highest BCUT2D eigenvalue weighted by molar-refractivity contribution is 7.19. The summed E-state index contributed by atoms with van der Waals surface area (Å²) in [5.41, 5.74) is 4.29. The molecule has 1 fully saturated rings. The zero-order valence-electron chi connectivity index (χ0n) is 24.1. The molecule has 45 heavy (non-hydrogen) atoms. The van der Waals surface area contributed by atoms with Crippen LogP contribution in [0.3, 0.4) is 0 Å². The van der Waals surface area contributed by atoms with Gasteiger partial charge in [0.1, 0.15) is 0 Å². The maximum Gasteiger partial charge on any atom is 0.255 e. The molecule has 5 heterocycles. The first-order valence-corrected chi connectivity index (χ1v) is 17.0. The van der Waals surface area contributed by atoms with Gasteiger partial charge in [-0.3, -0.25) is 9.59 Å². The van der Waals surface area contributed by atoms with Gasteiger partial charge in [0.2, 0.25) is 0 Å². The molecule has 0 unspecified atom stereocenters. The van der Waals surface area contributed by atoms with Crippen molar-refractivity contribution in [2.75, 3.05) is 39.3 Å². The molecule has 0 saturated carbocycles. The Morgan fingerprint density at radius 1 is 0.756 bits per heavy atom. The standard InChI is InChI=1S/C34H27Cl2N5O2S2/c35-31-11-9-29(44-31)27-19-23(21-5-1-3-7-25(21)38-27)33(42)37-13-14-40-15-17-41(18-16-40)34(43)24-20-28(30-10-12-32(36)45-30)39-26-8-4-2-6-22(24)26/h1-12,19-20H,13-18H2,(H,37,42)/p+1. The van der Waals surface area contributed by atoms with Crippen LogP contribution in [0.4, 0.5) is 0 Å². The van der Waals surface area contributed by atoms with Crippen molar-refractivity contribution in [3.63, 3.8) is 0 Å². The first kappa shape index (κ1) is 29.8. The average molecular weight is 674 g/mol. The van der Waals surface area contributed by atoms with Crippen LogP contribution in [0, 0.1) is 0 Å². The number of carbonyl (C=O) groups excluding carboxylic acids is 2. The Balaban J connectivity index is 0.998. The molecule has 7 nitrogen and oxygen atoms in total. The summed E-state index contributed by atoms with van der Waals surface area (Å²) in [6.45, 7) is 4.19. The number of fused-ring (bicyclic) bond motifs is 2. The molecule has 7 rings (SSSR count). The van der Waals surface area contributed by atoms with Gasteiger partial charge < -0.3 is 15.1 Å². The monoisotopic (exact) mass is 672 g/mol. The summed E-state index contributed by atoms with van der Waals surface area (Å²) in [6, 6.07) is 26.7. The number of rotatable bonds is 7. The van der Waals surface area contributed by atoms with E-state index in [0.29, 0.717) is 39.4 Å². The number of hydrogen-bond donors (Lipinski definition) is 2. The van der Waals surface area contributed by atoms with Crippen molar-refractivity contribution in [3.8, 4) is 21.1 Å². The van der Waals surface area contributed by atoms with Gasteiger partial charge in [0.15, 0.2) is 0 Å². The van der Waals surface area contributed by atoms with Gasteiger partial charge in [-0.25, -0.2) is 9.97 Å². The number of nitrogens with one attached hydrogen (secondary N) is 2. The zero-order valence-corrected chi connectivity index (χ0v) is 27.2. The number of quaternary nitrogens is 1. The summed E-state index contributed by atoms with van der Waals surface area (Å²) in [5.74, 6) is -0.115. The highest BCUT2D eigenvalue weighted by Gasteiger charge is 2.26. The van der Waals surface area contributed by atoms with Crippen molar-refractivity contribution in [1.29, 1.82) is 0 Å². The molecule has 226 valence electrons. The SMILES string of the molecule is O=C(NCC[NH+]1CCN(C(=O)c2cc(-c3ccc(Cl)s3)nc3ccccc23)CC1)c1cc(-c2ccc(Cl)s2)nc2ccccc12. The molecular weight excluding hydrogens is 645 g/mol. The number of para-hydroxylation sites is 2. The van der Waals surface area contributed by atoms with Crippen molar-refractivity contribution in [2.24, 2.45) is 0 Å². The van der Waals surface area contributed by atoms with Crippen molar-refractivity contribution in [2.45, 2.75) is 0 Å². The topological polar surface area (TPSA) is 79.6 Å². The molecule has 4 aromatic heterocycles. The summed E-state index contributed by atoms with van der Waals surface area (Å²) in [7, 11) is 0. The van der Waals surface area contributed by atoms with Crippen LogP contribution in [0.1, 0.15) is 20.7 Å². The predicted molar refractivity (Wildman–Crippen MR) is 184 cm³/mol. The largest absolute Gasteiger partial charge is 0.346 e. The minimum Gasteiger partial charge on any atom is -0.346 e. The molecular formula is C34H28Cl2N5O2S2+. The van der Waals surface area contributed by atoms with Gasteiger partial charge in [0.25, 0.3) is 11.8 Å². The third kappa shape index (κ3) is 6.32. The average Bonchev–Trinajstić information content (AvgIpc) is 3.71. The van der Waals surface area contributed by atoms with Crippen molar-refractivity contribution in [1.82, 2.24) is 20.2 Å². The number of nitrogens with zero attached hydrogens (tertiary/aromatic N) is 3. The first-order valence-electron chi connectivity index (χ1n) is 14.6. The van der Waals surface area contributed by atoms with E-state index in [-0.39, 0.29) is 11.8 Å². The van der Waals surface area contributed by atoms with E-state index >= 15 is 0 Å². The Morgan fingerprint density at radius 3 is 1.84 bits per heavy atom. The molecule has 0 atom stereocenters. The van der Waals surface area contributed by atoms with Gasteiger partial charge in [-0.2, -0.15) is 0 Å². The van der Waals surface area contributed by atoms with E-state index in [1.807, 2.05) is 89.8 Å². The maximum atomic E-state index is 13.8. The smallest absolute Gasteiger partial charge is 0.255 e. The molecule has 11 heteroatoms. The van der Waals surface area contributed by atoms with Crippen LogP contribution >= 0.6 is 45.9 Å². The predicted octanol–water partition coefficient (Wildman–Crippen LogP) is 6.32. The van der Waals surface area contributed by atoms with Crippen LogP contribution in [-0.2, 0) is 0 Å². The minimum atomic E-state index is -0.127. The lowest BCUT2D eigenvalue weighted by molar-refractivity contribution is -0.902. The number of hydrogen-bond acceptors (Lipinski definition) is 6. The second-order valence-corrected chi connectivity index (χ2v) is 14.3. The molecule has 2 amide bonds. The number of halogens is 2. The van der Waals surface area contributed by atoms with Gasteiger partial charge in [0, 0.05) is 10.8 Å². The number of pyridine rings is 2. The number of amides is 2. The Bertz CT molecular complexity index is 2050. The Morgan fingerprint density at radius 2 is 1.29 bits per heavy atom. The summed E-state index contributed by atoms with van der Waals surface area (Å²) >= 11 is 15.2. The van der Waals surface area contributed by atoms with Crippen LogP contribution in [0.2, 0.25) is 8.67 Å². The lowest BCUT2D eigenvalue weighted by Gasteiger charge is -2.32. The van der Waals surface area contributed by atoms with Gasteiger partial charge in [-0.05, 0) is 48.5 Å². The normalized spacial score (nSPS) is 13.9. The Hall–Kier alpha value is -3.86. The Labute approximate surface area is 278 Å². The number of carbonyl (C=O) groups is 2. The highest BCUT2D eigenvalue weighted by Crippen LogP contribution is 2.34. The summed E-state index contributed by atoms with van der Waals surface area (Å²) in [5, 5.41) is 4.78. The lowest BCUT2D eigenvalue weighted by atomic mass is 10.1. The van der Waals surface area contributed by atoms with Gasteiger partial charge >= 0.3 is 0 Å². The lowest BCUT2D eigenvalue weighted by Crippen LogP contribution is -3.15.